The zero-order valence-electron chi connectivity index (χ0n) is 21.7. The quantitative estimate of drug-likeness (QED) is 0.0846. The molecule has 0 unspecified atom stereocenters. The number of piperazine rings is 1. The highest BCUT2D eigenvalue weighted by Crippen LogP contribution is 2.34. The summed E-state index contributed by atoms with van der Waals surface area (Å²) in [6.45, 7) is 2.10. The maximum absolute atomic E-state index is 14.2. The van der Waals surface area contributed by atoms with Gasteiger partial charge in [-0.05, 0) is 49.5 Å². The molecule has 42 heavy (non-hydrogen) atoms. The number of hydrogen-bond donors (Lipinski definition) is 2. The van der Waals surface area contributed by atoms with E-state index >= 15 is 0 Å². The van der Waals surface area contributed by atoms with E-state index in [4.69, 9.17) is 28.6 Å². The Balaban J connectivity index is 1.39. The first kappa shape index (κ1) is 30.7. The Bertz CT molecular complexity index is 1540. The van der Waals surface area contributed by atoms with Crippen LogP contribution in [0.1, 0.15) is 17.3 Å². The van der Waals surface area contributed by atoms with Crippen molar-refractivity contribution in [2.75, 3.05) is 47.9 Å². The Morgan fingerprint density at radius 2 is 1.57 bits per heavy atom. The summed E-state index contributed by atoms with van der Waals surface area (Å²) in [7, 11) is 0. The highest BCUT2D eigenvalue weighted by atomic mass is 35.5. The van der Waals surface area contributed by atoms with Crippen LogP contribution in [0.5, 0.6) is 5.75 Å². The summed E-state index contributed by atoms with van der Waals surface area (Å²) in [6, 6.07) is 8.46. The molecule has 0 radical (unpaired) electrons. The third-order valence-electron chi connectivity index (χ3n) is 6.27. The number of nitro groups is 1. The number of nitrogens with one attached hydrogen (secondary N) is 2. The maximum Gasteiger partial charge on any atom is 0.311 e. The number of nitrogens with zero attached hydrogens (tertiary/aromatic N) is 3. The van der Waals surface area contributed by atoms with Crippen molar-refractivity contribution >= 4 is 57.6 Å². The number of carbonyl (C=O) groups is 1. The van der Waals surface area contributed by atoms with Gasteiger partial charge in [-0.3, -0.25) is 20.2 Å². The lowest BCUT2D eigenvalue weighted by Gasteiger charge is -2.38. The van der Waals surface area contributed by atoms with Gasteiger partial charge in [-0.15, -0.1) is 0 Å². The van der Waals surface area contributed by atoms with Crippen LogP contribution in [0.4, 0.5) is 44.7 Å². The van der Waals surface area contributed by atoms with Gasteiger partial charge < -0.3 is 19.9 Å². The molecular weight excluding hydrogens is 609 g/mol. The number of rotatable bonds is 7. The largest absolute Gasteiger partial charge is 0.487 e. The minimum Gasteiger partial charge on any atom is -0.487 e. The van der Waals surface area contributed by atoms with E-state index in [1.54, 1.807) is 24.0 Å². The molecule has 0 saturated carbocycles. The predicted molar refractivity (Wildman–Crippen MR) is 150 cm³/mol. The van der Waals surface area contributed by atoms with Crippen LogP contribution < -0.4 is 25.2 Å². The third-order valence-corrected chi connectivity index (χ3v) is 6.78. The molecule has 1 heterocycles. The number of benzene rings is 3. The first-order chi connectivity index (χ1) is 19.9. The smallest absolute Gasteiger partial charge is 0.311 e. The van der Waals surface area contributed by atoms with Gasteiger partial charge in [0.2, 0.25) is 5.82 Å². The molecule has 0 spiro atoms. The fraction of sp³-hybridized carbons (Fsp3) is 0.231. The van der Waals surface area contributed by atoms with Gasteiger partial charge in [-0.25, -0.2) is 22.0 Å². The highest BCUT2D eigenvalue weighted by molar-refractivity contribution is 7.80. The Kier molecular flexibility index (Phi) is 9.31. The second-order valence-corrected chi connectivity index (χ2v) is 9.66. The zero-order valence-corrected chi connectivity index (χ0v) is 23.2. The van der Waals surface area contributed by atoms with Crippen LogP contribution in [0.15, 0.2) is 36.4 Å². The molecule has 1 saturated heterocycles. The molecule has 0 bridgehead atoms. The predicted octanol–water partition coefficient (Wildman–Crippen LogP) is 5.80. The van der Waals surface area contributed by atoms with Crippen LogP contribution in [-0.2, 0) is 0 Å². The van der Waals surface area contributed by atoms with Gasteiger partial charge in [-0.1, -0.05) is 11.6 Å². The Morgan fingerprint density at radius 1 is 0.976 bits per heavy atom. The molecule has 1 amide bonds. The van der Waals surface area contributed by atoms with E-state index < -0.39 is 45.6 Å². The average molecular weight is 630 g/mol. The van der Waals surface area contributed by atoms with Crippen LogP contribution in [0.3, 0.4) is 0 Å². The Labute approximate surface area is 245 Å². The number of hydrogen-bond acceptors (Lipinski definition) is 7. The number of halogens is 6. The van der Waals surface area contributed by atoms with Crippen LogP contribution >= 0.6 is 23.8 Å². The van der Waals surface area contributed by atoms with Crippen molar-refractivity contribution in [2.24, 2.45) is 0 Å². The van der Waals surface area contributed by atoms with Crippen molar-refractivity contribution in [3.63, 3.8) is 0 Å². The van der Waals surface area contributed by atoms with Crippen LogP contribution in [0, 0.1) is 39.2 Å². The molecule has 0 aromatic heterocycles. The van der Waals surface area contributed by atoms with E-state index in [-0.39, 0.29) is 59.9 Å². The molecule has 3 aromatic rings. The van der Waals surface area contributed by atoms with E-state index in [1.165, 1.54) is 18.2 Å². The van der Waals surface area contributed by atoms with E-state index in [1.807, 2.05) is 0 Å². The van der Waals surface area contributed by atoms with Gasteiger partial charge in [0.05, 0.1) is 22.2 Å². The van der Waals surface area contributed by atoms with Gasteiger partial charge in [0.25, 0.3) is 5.91 Å². The fourth-order valence-electron chi connectivity index (χ4n) is 4.30. The summed E-state index contributed by atoms with van der Waals surface area (Å²) < 4.78 is 74.3. The monoisotopic (exact) mass is 629 g/mol. The van der Waals surface area contributed by atoms with Crippen molar-refractivity contribution in [3.8, 4) is 5.75 Å². The van der Waals surface area contributed by atoms with Crippen molar-refractivity contribution in [3.05, 3.63) is 86.2 Å². The van der Waals surface area contributed by atoms with E-state index in [9.17, 15) is 36.9 Å². The van der Waals surface area contributed by atoms with Gasteiger partial charge >= 0.3 is 5.69 Å². The lowest BCUT2D eigenvalue weighted by atomic mass is 10.1. The average Bonchev–Trinajstić information content (AvgIpc) is 2.96. The van der Waals surface area contributed by atoms with Crippen molar-refractivity contribution in [2.45, 2.75) is 6.92 Å². The van der Waals surface area contributed by atoms with E-state index in [0.717, 1.165) is 11.0 Å². The van der Waals surface area contributed by atoms with Gasteiger partial charge in [0, 0.05) is 43.5 Å². The lowest BCUT2D eigenvalue weighted by molar-refractivity contribution is -0.385. The van der Waals surface area contributed by atoms with Crippen molar-refractivity contribution in [1.29, 1.82) is 0 Å². The molecule has 1 aliphatic rings. The molecular formula is C26H21ClF5N5O4S. The van der Waals surface area contributed by atoms with Gasteiger partial charge in [0.15, 0.2) is 34.1 Å². The molecule has 1 fully saturated rings. The number of amides is 1. The standard InChI is InChI=1S/C26H21ClF5N5O4S/c1-2-41-18-6-3-13(11-17(18)37(39)40)25(38)34-26(42)33-14-4-5-16(15(27)12-14)35-7-9-36(10-8-35)24-22(31)20(29)19(28)21(30)23(24)32/h3-6,11-12H,2,7-10H2,1H3,(H2,33,34,38,42). The van der Waals surface area contributed by atoms with Crippen molar-refractivity contribution in [1.82, 2.24) is 5.32 Å². The first-order valence-electron chi connectivity index (χ1n) is 12.3. The number of carbonyl (C=O) groups excluding carboxylic acids is 1. The molecule has 4 rings (SSSR count). The van der Waals surface area contributed by atoms with Gasteiger partial charge in [0.1, 0.15) is 5.69 Å². The molecule has 0 atom stereocenters. The summed E-state index contributed by atoms with van der Waals surface area (Å²) >= 11 is 11.6. The second-order valence-electron chi connectivity index (χ2n) is 8.84. The number of thiocarbonyl (C=S) groups is 1. The van der Waals surface area contributed by atoms with Crippen LogP contribution in [-0.4, -0.2) is 48.7 Å². The van der Waals surface area contributed by atoms with Gasteiger partial charge in [-0.2, -0.15) is 0 Å². The summed E-state index contributed by atoms with van der Waals surface area (Å²) in [4.78, 5) is 26.1. The van der Waals surface area contributed by atoms with Crippen LogP contribution in [0.25, 0.3) is 0 Å². The number of nitro benzene ring substituents is 1. The SMILES string of the molecule is CCOc1ccc(C(=O)NC(=S)Nc2ccc(N3CCN(c4c(F)c(F)c(F)c(F)c4F)CC3)c(Cl)c2)cc1[N+](=O)[O-]. The first-order valence-corrected chi connectivity index (χ1v) is 13.1. The number of ether oxygens (including phenoxy) is 1. The lowest BCUT2D eigenvalue weighted by Crippen LogP contribution is -2.47. The minimum atomic E-state index is -2.22. The molecule has 1 aliphatic heterocycles. The minimum absolute atomic E-state index is 0.0206. The van der Waals surface area contributed by atoms with Crippen LogP contribution in [0.2, 0.25) is 5.02 Å². The number of anilines is 3. The second kappa shape index (κ2) is 12.7. The Morgan fingerprint density at radius 3 is 2.14 bits per heavy atom. The molecule has 16 heteroatoms. The maximum atomic E-state index is 14.2. The summed E-state index contributed by atoms with van der Waals surface area (Å²) in [5.41, 5.74) is -0.443. The molecule has 222 valence electrons. The topological polar surface area (TPSA) is 100.0 Å². The normalized spacial score (nSPS) is 13.1. The zero-order chi connectivity index (χ0) is 30.7. The summed E-state index contributed by atoms with van der Waals surface area (Å²) in [5.74, 6) is -10.7. The molecule has 3 aromatic carbocycles. The third kappa shape index (κ3) is 6.31. The van der Waals surface area contributed by atoms with E-state index in [2.05, 4.69) is 10.6 Å². The molecule has 0 aliphatic carbocycles. The molecule has 2 N–H and O–H groups in total. The van der Waals surface area contributed by atoms with E-state index in [0.29, 0.717) is 11.4 Å². The Hall–Kier alpha value is -4.24. The highest BCUT2D eigenvalue weighted by Gasteiger charge is 2.31. The summed E-state index contributed by atoms with van der Waals surface area (Å²) in [6.07, 6.45) is 0. The molecule has 9 nitrogen and oxygen atoms in total. The van der Waals surface area contributed by atoms with Crippen molar-refractivity contribution < 1.29 is 36.4 Å². The summed E-state index contributed by atoms with van der Waals surface area (Å²) in [5, 5.41) is 16.7. The fourth-order valence-corrected chi connectivity index (χ4v) is 4.81.